The number of amides is 1. The smallest absolute Gasteiger partial charge is 0.407 e. The first kappa shape index (κ1) is 20.8. The Kier molecular flexibility index (Phi) is 7.67. The maximum Gasteiger partial charge on any atom is 0.407 e. The van der Waals surface area contributed by atoms with Crippen LogP contribution in [0.5, 0.6) is 17.2 Å². The van der Waals surface area contributed by atoms with E-state index in [9.17, 15) is 13.6 Å². The first-order valence-corrected chi connectivity index (χ1v) is 8.68. The molecule has 5 nitrogen and oxygen atoms in total. The number of carbonyl (C=O) groups is 1. The van der Waals surface area contributed by atoms with Gasteiger partial charge < -0.3 is 19.5 Å². The third-order valence-electron chi connectivity index (χ3n) is 3.15. The van der Waals surface area contributed by atoms with E-state index in [-0.39, 0.29) is 29.8 Å². The van der Waals surface area contributed by atoms with Crippen molar-refractivity contribution in [2.75, 3.05) is 19.8 Å². The maximum absolute atomic E-state index is 13.2. The summed E-state index contributed by atoms with van der Waals surface area (Å²) in [7, 11) is 0. The Hall–Kier alpha value is -2.54. The molecule has 0 spiro atoms. The second-order valence-electron chi connectivity index (χ2n) is 6.07. The van der Waals surface area contributed by atoms with Crippen molar-refractivity contribution < 1.29 is 27.8 Å². The van der Waals surface area contributed by atoms with Crippen LogP contribution in [0.3, 0.4) is 0 Å². The average molecular weight is 400 g/mol. The minimum absolute atomic E-state index is 0.0151. The van der Waals surface area contributed by atoms with Crippen molar-refractivity contribution in [3.8, 4) is 17.2 Å². The summed E-state index contributed by atoms with van der Waals surface area (Å²) in [5, 5.41) is 2.81. The first-order chi connectivity index (χ1) is 12.8. The summed E-state index contributed by atoms with van der Waals surface area (Å²) in [5.41, 5.74) is 0. The zero-order chi connectivity index (χ0) is 19.8. The lowest BCUT2D eigenvalue weighted by molar-refractivity contribution is 0.131. The van der Waals surface area contributed by atoms with Gasteiger partial charge in [-0.3, -0.25) is 0 Å². The molecule has 0 fully saturated rings. The van der Waals surface area contributed by atoms with Crippen LogP contribution in [-0.2, 0) is 4.74 Å². The molecule has 2 rings (SSSR count). The summed E-state index contributed by atoms with van der Waals surface area (Å²) in [5.74, 6) is -0.526. The Labute approximate surface area is 161 Å². The predicted molar refractivity (Wildman–Crippen MR) is 97.6 cm³/mol. The second-order valence-corrected chi connectivity index (χ2v) is 6.47. The van der Waals surface area contributed by atoms with E-state index in [1.165, 1.54) is 6.07 Å². The lowest BCUT2D eigenvalue weighted by Gasteiger charge is -2.12. The normalized spacial score (nSPS) is 10.6. The number of alkyl carbamates (subject to hydrolysis) is 1. The highest BCUT2D eigenvalue weighted by atomic mass is 35.5. The molecule has 0 bridgehead atoms. The van der Waals surface area contributed by atoms with Gasteiger partial charge in [-0.1, -0.05) is 25.4 Å². The molecule has 0 radical (unpaired) electrons. The second kappa shape index (κ2) is 9.97. The van der Waals surface area contributed by atoms with Crippen molar-refractivity contribution in [3.63, 3.8) is 0 Å². The largest absolute Gasteiger partial charge is 0.490 e. The number of rotatable bonds is 8. The zero-order valence-electron chi connectivity index (χ0n) is 14.9. The molecule has 0 aliphatic heterocycles. The van der Waals surface area contributed by atoms with Gasteiger partial charge in [0, 0.05) is 24.3 Å². The molecule has 27 heavy (non-hydrogen) atoms. The number of benzene rings is 2. The van der Waals surface area contributed by atoms with Gasteiger partial charge in [-0.2, -0.15) is 0 Å². The molecule has 2 aromatic carbocycles. The van der Waals surface area contributed by atoms with Gasteiger partial charge in [0.25, 0.3) is 0 Å². The molecule has 146 valence electrons. The molecule has 0 saturated heterocycles. The fourth-order valence-corrected chi connectivity index (χ4v) is 2.22. The minimum atomic E-state index is -0.740. The number of carbonyl (C=O) groups excluding carboxylic acids is 1. The summed E-state index contributed by atoms with van der Waals surface area (Å²) in [6.45, 7) is 4.65. The van der Waals surface area contributed by atoms with Gasteiger partial charge in [0.2, 0.25) is 0 Å². The Morgan fingerprint density at radius 2 is 1.81 bits per heavy atom. The third-order valence-corrected chi connectivity index (χ3v) is 3.45. The summed E-state index contributed by atoms with van der Waals surface area (Å²) >= 11 is 6.12. The van der Waals surface area contributed by atoms with E-state index in [0.29, 0.717) is 18.1 Å². The molecule has 0 unspecified atom stereocenters. The Morgan fingerprint density at radius 3 is 2.44 bits per heavy atom. The van der Waals surface area contributed by atoms with E-state index in [4.69, 9.17) is 25.8 Å². The van der Waals surface area contributed by atoms with E-state index in [2.05, 4.69) is 5.32 Å². The van der Waals surface area contributed by atoms with Crippen LogP contribution in [0.4, 0.5) is 13.6 Å². The molecule has 0 aliphatic rings. The standard InChI is InChI=1S/C19H20ClF2NO4/c1-12(2)11-26-19(24)23-5-6-25-18-4-3-15(10-17(18)20)27-16-8-13(21)7-14(22)9-16/h3-4,7-10,12H,5-6,11H2,1-2H3,(H,23,24). The highest BCUT2D eigenvalue weighted by molar-refractivity contribution is 6.32. The van der Waals surface area contributed by atoms with Crippen LogP contribution < -0.4 is 14.8 Å². The van der Waals surface area contributed by atoms with Crippen LogP contribution >= 0.6 is 11.6 Å². The Balaban J connectivity index is 1.83. The highest BCUT2D eigenvalue weighted by Crippen LogP contribution is 2.31. The summed E-state index contributed by atoms with van der Waals surface area (Å²) < 4.78 is 42.2. The average Bonchev–Trinajstić information content (AvgIpc) is 2.57. The molecule has 1 amide bonds. The topological polar surface area (TPSA) is 56.8 Å². The summed E-state index contributed by atoms with van der Waals surface area (Å²) in [6, 6.07) is 7.45. The molecular formula is C19H20ClF2NO4. The molecular weight excluding hydrogens is 380 g/mol. The SMILES string of the molecule is CC(C)COC(=O)NCCOc1ccc(Oc2cc(F)cc(F)c2)cc1Cl. The lowest BCUT2D eigenvalue weighted by Crippen LogP contribution is -2.29. The monoisotopic (exact) mass is 399 g/mol. The number of hydrogen-bond acceptors (Lipinski definition) is 4. The van der Waals surface area contributed by atoms with Crippen molar-refractivity contribution in [2.45, 2.75) is 13.8 Å². The van der Waals surface area contributed by atoms with Gasteiger partial charge in [0.05, 0.1) is 18.2 Å². The molecule has 0 saturated carbocycles. The van der Waals surface area contributed by atoms with E-state index < -0.39 is 17.7 Å². The molecule has 8 heteroatoms. The molecule has 0 aromatic heterocycles. The van der Waals surface area contributed by atoms with Crippen LogP contribution in [0.1, 0.15) is 13.8 Å². The van der Waals surface area contributed by atoms with Crippen molar-refractivity contribution in [1.82, 2.24) is 5.32 Å². The predicted octanol–water partition coefficient (Wildman–Crippen LogP) is 5.17. The lowest BCUT2D eigenvalue weighted by atomic mass is 10.2. The number of nitrogens with one attached hydrogen (secondary N) is 1. The van der Waals surface area contributed by atoms with Crippen LogP contribution in [-0.4, -0.2) is 25.9 Å². The van der Waals surface area contributed by atoms with Gasteiger partial charge in [-0.15, -0.1) is 0 Å². The van der Waals surface area contributed by atoms with Gasteiger partial charge >= 0.3 is 6.09 Å². The molecule has 0 heterocycles. The minimum Gasteiger partial charge on any atom is -0.490 e. The van der Waals surface area contributed by atoms with Gasteiger partial charge in [-0.05, 0) is 18.1 Å². The molecule has 0 aliphatic carbocycles. The van der Waals surface area contributed by atoms with Crippen molar-refractivity contribution in [1.29, 1.82) is 0 Å². The Morgan fingerprint density at radius 1 is 1.11 bits per heavy atom. The molecule has 2 aromatic rings. The van der Waals surface area contributed by atoms with Crippen molar-refractivity contribution in [2.24, 2.45) is 5.92 Å². The van der Waals surface area contributed by atoms with E-state index >= 15 is 0 Å². The van der Waals surface area contributed by atoms with E-state index in [1.54, 1.807) is 12.1 Å². The van der Waals surface area contributed by atoms with Crippen LogP contribution in [0.15, 0.2) is 36.4 Å². The Bertz CT molecular complexity index is 766. The van der Waals surface area contributed by atoms with Crippen LogP contribution in [0, 0.1) is 17.6 Å². The van der Waals surface area contributed by atoms with Gasteiger partial charge in [0.1, 0.15) is 35.5 Å². The molecule has 1 N–H and O–H groups in total. The maximum atomic E-state index is 13.2. The quantitative estimate of drug-likeness (QED) is 0.622. The van der Waals surface area contributed by atoms with Gasteiger partial charge in [0.15, 0.2) is 0 Å². The van der Waals surface area contributed by atoms with Crippen molar-refractivity contribution >= 4 is 17.7 Å². The molecule has 0 atom stereocenters. The number of halogens is 3. The fraction of sp³-hybridized carbons (Fsp3) is 0.316. The number of hydrogen-bond donors (Lipinski definition) is 1. The van der Waals surface area contributed by atoms with Crippen molar-refractivity contribution in [3.05, 3.63) is 53.1 Å². The third kappa shape index (κ3) is 7.30. The summed E-state index contributed by atoms with van der Waals surface area (Å²) in [6.07, 6.45) is -0.510. The van der Waals surface area contributed by atoms with Crippen LogP contribution in [0.2, 0.25) is 5.02 Å². The van der Waals surface area contributed by atoms with Gasteiger partial charge in [-0.25, -0.2) is 13.6 Å². The van der Waals surface area contributed by atoms with E-state index in [1.807, 2.05) is 13.8 Å². The van der Waals surface area contributed by atoms with E-state index in [0.717, 1.165) is 18.2 Å². The first-order valence-electron chi connectivity index (χ1n) is 8.30. The number of ether oxygens (including phenoxy) is 3. The summed E-state index contributed by atoms with van der Waals surface area (Å²) in [4.78, 5) is 11.4. The van der Waals surface area contributed by atoms with Crippen LogP contribution in [0.25, 0.3) is 0 Å². The fourth-order valence-electron chi connectivity index (χ4n) is 1.99. The highest BCUT2D eigenvalue weighted by Gasteiger charge is 2.08. The zero-order valence-corrected chi connectivity index (χ0v) is 15.7.